The van der Waals surface area contributed by atoms with Crippen LogP contribution in [0.1, 0.15) is 27.2 Å². The summed E-state index contributed by atoms with van der Waals surface area (Å²) in [7, 11) is 0. The quantitative estimate of drug-likeness (QED) is 0.784. The van der Waals surface area contributed by atoms with Gasteiger partial charge in [0.05, 0.1) is 0 Å². The molecule has 1 rings (SSSR count). The number of amides is 1. The van der Waals surface area contributed by atoms with Gasteiger partial charge in [-0.15, -0.1) is 0 Å². The largest absolute Gasteiger partial charge is 0.465 e. The molecule has 0 radical (unpaired) electrons. The van der Waals surface area contributed by atoms with Crippen LogP contribution >= 0.6 is 0 Å². The number of hydrogen-bond acceptors (Lipinski definition) is 3. The molecule has 0 aromatic heterocycles. The highest BCUT2D eigenvalue weighted by Crippen LogP contribution is 2.21. The lowest BCUT2D eigenvalue weighted by molar-refractivity contribution is -0.117. The number of carboxylic acid groups (broad SMARTS) is 1. The van der Waals surface area contributed by atoms with Crippen molar-refractivity contribution in [2.75, 3.05) is 26.2 Å². The summed E-state index contributed by atoms with van der Waals surface area (Å²) in [6, 6.07) is 0. The van der Waals surface area contributed by atoms with Gasteiger partial charge in [0, 0.05) is 38.1 Å². The molecule has 1 saturated heterocycles. The van der Waals surface area contributed by atoms with Crippen LogP contribution in [0.25, 0.3) is 0 Å². The number of carbonyl (C=O) groups excluding carboxylic acids is 1. The minimum absolute atomic E-state index is 0.177. The van der Waals surface area contributed by atoms with E-state index in [1.807, 2.05) is 13.8 Å². The molecule has 5 nitrogen and oxygen atoms in total. The third kappa shape index (κ3) is 3.20. The van der Waals surface area contributed by atoms with Gasteiger partial charge in [0.1, 0.15) is 5.78 Å². The van der Waals surface area contributed by atoms with Gasteiger partial charge in [-0.05, 0) is 20.8 Å². The number of rotatable bonds is 3. The molecule has 0 unspecified atom stereocenters. The summed E-state index contributed by atoms with van der Waals surface area (Å²) in [5, 5.41) is 8.93. The van der Waals surface area contributed by atoms with Crippen LogP contribution < -0.4 is 0 Å². The van der Waals surface area contributed by atoms with Crippen molar-refractivity contribution in [1.82, 2.24) is 9.80 Å². The van der Waals surface area contributed by atoms with Crippen LogP contribution in [0.5, 0.6) is 0 Å². The standard InChI is InChI=1S/C11H20N2O3/c1-9(14)4-5-13-7-6-12(10(15)16)8-11(13,2)3/h4-8H2,1-3H3,(H,15,16). The third-order valence-electron chi connectivity index (χ3n) is 3.08. The summed E-state index contributed by atoms with van der Waals surface area (Å²) in [5.74, 6) is 0.177. The van der Waals surface area contributed by atoms with E-state index in [4.69, 9.17) is 5.11 Å². The van der Waals surface area contributed by atoms with Gasteiger partial charge in [0.15, 0.2) is 0 Å². The first-order valence-electron chi connectivity index (χ1n) is 5.55. The topological polar surface area (TPSA) is 60.9 Å². The van der Waals surface area contributed by atoms with Crippen molar-refractivity contribution in [3.63, 3.8) is 0 Å². The number of ketones is 1. The normalized spacial score (nSPS) is 20.8. The van der Waals surface area contributed by atoms with Crippen molar-refractivity contribution in [2.45, 2.75) is 32.7 Å². The van der Waals surface area contributed by atoms with Crippen molar-refractivity contribution in [2.24, 2.45) is 0 Å². The molecule has 1 aliphatic heterocycles. The zero-order chi connectivity index (χ0) is 12.3. The van der Waals surface area contributed by atoms with Crippen molar-refractivity contribution in [1.29, 1.82) is 0 Å². The molecule has 1 amide bonds. The first-order chi connectivity index (χ1) is 7.33. The van der Waals surface area contributed by atoms with E-state index >= 15 is 0 Å². The fourth-order valence-corrected chi connectivity index (χ4v) is 2.06. The molecular formula is C11H20N2O3. The molecule has 1 aliphatic rings. The number of piperazine rings is 1. The molecule has 0 spiro atoms. The zero-order valence-electron chi connectivity index (χ0n) is 10.2. The molecule has 0 aromatic carbocycles. The third-order valence-corrected chi connectivity index (χ3v) is 3.08. The first kappa shape index (κ1) is 13.0. The van der Waals surface area contributed by atoms with Crippen LogP contribution in [0, 0.1) is 0 Å². The predicted molar refractivity (Wildman–Crippen MR) is 60.5 cm³/mol. The van der Waals surface area contributed by atoms with Gasteiger partial charge >= 0.3 is 6.09 Å². The van der Waals surface area contributed by atoms with E-state index < -0.39 is 6.09 Å². The van der Waals surface area contributed by atoms with Crippen molar-refractivity contribution in [3.05, 3.63) is 0 Å². The van der Waals surface area contributed by atoms with Crippen molar-refractivity contribution >= 4 is 11.9 Å². The number of nitrogens with zero attached hydrogens (tertiary/aromatic N) is 2. The summed E-state index contributed by atoms with van der Waals surface area (Å²) in [4.78, 5) is 25.4. The molecule has 92 valence electrons. The Hall–Kier alpha value is -1.10. The lowest BCUT2D eigenvalue weighted by atomic mass is 9.98. The molecule has 0 aliphatic carbocycles. The summed E-state index contributed by atoms with van der Waals surface area (Å²) in [6.45, 7) is 8.06. The van der Waals surface area contributed by atoms with Gasteiger partial charge in [-0.1, -0.05) is 0 Å². The maximum Gasteiger partial charge on any atom is 0.407 e. The van der Waals surface area contributed by atoms with Gasteiger partial charge in [-0.3, -0.25) is 9.69 Å². The average Bonchev–Trinajstić information content (AvgIpc) is 2.14. The van der Waals surface area contributed by atoms with Crippen molar-refractivity contribution < 1.29 is 14.7 Å². The first-order valence-corrected chi connectivity index (χ1v) is 5.55. The van der Waals surface area contributed by atoms with Gasteiger partial charge in [0.2, 0.25) is 0 Å². The van der Waals surface area contributed by atoms with Gasteiger partial charge in [-0.25, -0.2) is 4.79 Å². The maximum absolute atomic E-state index is 10.9. The van der Waals surface area contributed by atoms with E-state index in [1.54, 1.807) is 6.92 Å². The van der Waals surface area contributed by atoms with Gasteiger partial charge < -0.3 is 10.0 Å². The highest BCUT2D eigenvalue weighted by atomic mass is 16.4. The lowest BCUT2D eigenvalue weighted by Gasteiger charge is -2.46. The van der Waals surface area contributed by atoms with E-state index in [0.717, 1.165) is 6.54 Å². The van der Waals surface area contributed by atoms with Gasteiger partial charge in [0.25, 0.3) is 0 Å². The predicted octanol–water partition coefficient (Wildman–Crippen LogP) is 1.04. The molecule has 0 bridgehead atoms. The fourth-order valence-electron chi connectivity index (χ4n) is 2.06. The SMILES string of the molecule is CC(=O)CCN1CCN(C(=O)O)CC1(C)C. The summed E-state index contributed by atoms with van der Waals surface area (Å²) in [6.07, 6.45) is -0.324. The molecule has 1 heterocycles. The van der Waals surface area contributed by atoms with E-state index in [9.17, 15) is 9.59 Å². The van der Waals surface area contributed by atoms with Crippen LogP contribution in [0.3, 0.4) is 0 Å². The Morgan fingerprint density at radius 3 is 2.38 bits per heavy atom. The number of hydrogen-bond donors (Lipinski definition) is 1. The Bertz CT molecular complexity index is 289. The molecule has 1 N–H and O–H groups in total. The van der Waals surface area contributed by atoms with Gasteiger partial charge in [-0.2, -0.15) is 0 Å². The molecule has 0 saturated carbocycles. The smallest absolute Gasteiger partial charge is 0.407 e. The molecule has 5 heteroatoms. The minimum atomic E-state index is -0.862. The number of carbonyl (C=O) groups is 2. The fraction of sp³-hybridized carbons (Fsp3) is 0.818. The van der Waals surface area contributed by atoms with Crippen LogP contribution in [0.2, 0.25) is 0 Å². The monoisotopic (exact) mass is 228 g/mol. The average molecular weight is 228 g/mol. The van der Waals surface area contributed by atoms with E-state index in [0.29, 0.717) is 26.1 Å². The van der Waals surface area contributed by atoms with Crippen molar-refractivity contribution in [3.8, 4) is 0 Å². The molecule has 0 atom stereocenters. The Kier molecular flexibility index (Phi) is 3.91. The Morgan fingerprint density at radius 2 is 1.94 bits per heavy atom. The molecule has 0 aromatic rings. The van der Waals surface area contributed by atoms with Crippen LogP contribution in [-0.2, 0) is 4.79 Å². The zero-order valence-corrected chi connectivity index (χ0v) is 10.2. The highest BCUT2D eigenvalue weighted by Gasteiger charge is 2.35. The summed E-state index contributed by atoms with van der Waals surface area (Å²) >= 11 is 0. The highest BCUT2D eigenvalue weighted by molar-refractivity contribution is 5.75. The lowest BCUT2D eigenvalue weighted by Crippen LogP contribution is -2.60. The van der Waals surface area contributed by atoms with Crippen LogP contribution in [-0.4, -0.2) is 58.5 Å². The Balaban J connectivity index is 2.56. The summed E-state index contributed by atoms with van der Waals surface area (Å²) in [5.41, 5.74) is -0.188. The number of Topliss-reactive ketones (excluding diaryl/α,β-unsaturated/α-hetero) is 1. The Labute approximate surface area is 96.0 Å². The van der Waals surface area contributed by atoms with E-state index in [2.05, 4.69) is 4.90 Å². The maximum atomic E-state index is 10.9. The minimum Gasteiger partial charge on any atom is -0.465 e. The van der Waals surface area contributed by atoms with Crippen LogP contribution in [0.4, 0.5) is 4.79 Å². The van der Waals surface area contributed by atoms with E-state index in [-0.39, 0.29) is 11.3 Å². The molecule has 1 fully saturated rings. The van der Waals surface area contributed by atoms with Crippen LogP contribution in [0.15, 0.2) is 0 Å². The summed E-state index contributed by atoms with van der Waals surface area (Å²) < 4.78 is 0. The second kappa shape index (κ2) is 4.82. The Morgan fingerprint density at radius 1 is 1.31 bits per heavy atom. The second-order valence-electron chi connectivity index (χ2n) is 4.96. The molecular weight excluding hydrogens is 208 g/mol. The van der Waals surface area contributed by atoms with E-state index in [1.165, 1.54) is 4.90 Å². The molecule has 16 heavy (non-hydrogen) atoms. The second-order valence-corrected chi connectivity index (χ2v) is 4.96.